The van der Waals surface area contributed by atoms with Crippen LogP contribution in [0, 0.1) is 0 Å². The Bertz CT molecular complexity index is 296. The SMILES string of the molecule is CCC[Si](C)(OC(C)=O)OC(=O)COCC(C)OC. The van der Waals surface area contributed by atoms with E-state index in [0.29, 0.717) is 12.7 Å². The first-order valence-corrected chi connectivity index (χ1v) is 8.87. The number of methoxy groups -OCH3 is 1. The van der Waals surface area contributed by atoms with E-state index < -0.39 is 20.5 Å². The van der Waals surface area contributed by atoms with Gasteiger partial charge in [0.2, 0.25) is 0 Å². The fraction of sp³-hybridized carbons (Fsp3) is 0.833. The van der Waals surface area contributed by atoms with Crippen molar-refractivity contribution >= 4 is 20.5 Å². The number of hydrogen-bond acceptors (Lipinski definition) is 6. The summed E-state index contributed by atoms with van der Waals surface area (Å²) in [6.07, 6.45) is 0.700. The van der Waals surface area contributed by atoms with Gasteiger partial charge in [0.15, 0.2) is 0 Å². The van der Waals surface area contributed by atoms with Crippen LogP contribution in [0.15, 0.2) is 0 Å². The molecule has 6 nitrogen and oxygen atoms in total. The van der Waals surface area contributed by atoms with E-state index in [1.54, 1.807) is 13.7 Å². The van der Waals surface area contributed by atoms with E-state index in [1.807, 2.05) is 13.8 Å². The molecule has 0 aromatic carbocycles. The molecule has 19 heavy (non-hydrogen) atoms. The minimum absolute atomic E-state index is 0.0828. The van der Waals surface area contributed by atoms with Gasteiger partial charge in [-0.1, -0.05) is 13.3 Å². The molecule has 112 valence electrons. The van der Waals surface area contributed by atoms with Crippen LogP contribution in [0.1, 0.15) is 27.2 Å². The molecule has 0 aromatic heterocycles. The Balaban J connectivity index is 4.20. The van der Waals surface area contributed by atoms with Crippen molar-refractivity contribution in [1.82, 2.24) is 0 Å². The first-order chi connectivity index (χ1) is 8.83. The lowest BCUT2D eigenvalue weighted by Gasteiger charge is -2.25. The van der Waals surface area contributed by atoms with Crippen molar-refractivity contribution in [2.24, 2.45) is 0 Å². The first kappa shape index (κ1) is 18.1. The van der Waals surface area contributed by atoms with E-state index in [4.69, 9.17) is 18.3 Å². The molecule has 2 atom stereocenters. The van der Waals surface area contributed by atoms with Crippen molar-refractivity contribution in [2.75, 3.05) is 20.3 Å². The number of carbonyl (C=O) groups excluding carboxylic acids is 2. The third-order valence-corrected chi connectivity index (χ3v) is 5.16. The summed E-state index contributed by atoms with van der Waals surface area (Å²) in [5, 5.41) is 0. The van der Waals surface area contributed by atoms with Crippen LogP contribution >= 0.6 is 0 Å². The Morgan fingerprint density at radius 2 is 1.89 bits per heavy atom. The van der Waals surface area contributed by atoms with Gasteiger partial charge >= 0.3 is 14.5 Å². The summed E-state index contributed by atoms with van der Waals surface area (Å²) in [6.45, 7) is 6.94. The maximum Gasteiger partial charge on any atom is 0.461 e. The minimum atomic E-state index is -2.77. The van der Waals surface area contributed by atoms with Crippen molar-refractivity contribution in [3.8, 4) is 0 Å². The Morgan fingerprint density at radius 1 is 1.26 bits per heavy atom. The quantitative estimate of drug-likeness (QED) is 0.601. The Morgan fingerprint density at radius 3 is 2.37 bits per heavy atom. The maximum atomic E-state index is 11.6. The summed E-state index contributed by atoms with van der Waals surface area (Å²) in [5.41, 5.74) is 0. The largest absolute Gasteiger partial charge is 0.485 e. The van der Waals surface area contributed by atoms with Crippen LogP contribution in [-0.2, 0) is 27.9 Å². The van der Waals surface area contributed by atoms with Crippen LogP contribution in [0.4, 0.5) is 0 Å². The zero-order valence-corrected chi connectivity index (χ0v) is 13.4. The smallest absolute Gasteiger partial charge is 0.461 e. The highest BCUT2D eigenvalue weighted by Gasteiger charge is 2.37. The summed E-state index contributed by atoms with van der Waals surface area (Å²) in [5.74, 6) is -0.934. The molecular formula is C12H24O6Si. The van der Waals surface area contributed by atoms with Gasteiger partial charge < -0.3 is 18.3 Å². The van der Waals surface area contributed by atoms with Gasteiger partial charge in [0.05, 0.1) is 12.7 Å². The van der Waals surface area contributed by atoms with Crippen molar-refractivity contribution in [3.63, 3.8) is 0 Å². The van der Waals surface area contributed by atoms with Gasteiger partial charge in [-0.2, -0.15) is 0 Å². The molecule has 7 heteroatoms. The summed E-state index contributed by atoms with van der Waals surface area (Å²) >= 11 is 0. The zero-order valence-electron chi connectivity index (χ0n) is 12.4. The second kappa shape index (κ2) is 9.06. The third kappa shape index (κ3) is 8.74. The normalized spacial score (nSPS) is 15.4. The molecule has 0 spiro atoms. The van der Waals surface area contributed by atoms with Crippen molar-refractivity contribution in [3.05, 3.63) is 0 Å². The van der Waals surface area contributed by atoms with Gasteiger partial charge in [0, 0.05) is 26.6 Å². The van der Waals surface area contributed by atoms with Gasteiger partial charge in [-0.3, -0.25) is 9.59 Å². The molecule has 0 saturated carbocycles. The lowest BCUT2D eigenvalue weighted by atomic mass is 10.4. The minimum Gasteiger partial charge on any atom is -0.485 e. The molecule has 2 unspecified atom stereocenters. The lowest BCUT2D eigenvalue weighted by molar-refractivity contribution is -0.145. The molecule has 0 N–H and O–H groups in total. The number of ether oxygens (including phenoxy) is 2. The second-order valence-corrected chi connectivity index (χ2v) is 7.69. The first-order valence-electron chi connectivity index (χ1n) is 6.35. The van der Waals surface area contributed by atoms with Crippen molar-refractivity contribution in [1.29, 1.82) is 0 Å². The Labute approximate surface area is 115 Å². The Hall–Kier alpha value is -0.923. The topological polar surface area (TPSA) is 71.1 Å². The van der Waals surface area contributed by atoms with E-state index in [0.717, 1.165) is 6.42 Å². The van der Waals surface area contributed by atoms with Gasteiger partial charge in [0.25, 0.3) is 5.97 Å². The second-order valence-electron chi connectivity index (χ2n) is 4.51. The van der Waals surface area contributed by atoms with Crippen LogP contribution in [-0.4, -0.2) is 46.9 Å². The molecule has 0 aliphatic rings. The molecule has 0 fully saturated rings. The van der Waals surface area contributed by atoms with Crippen LogP contribution in [0.25, 0.3) is 0 Å². The molecule has 0 radical (unpaired) electrons. The highest BCUT2D eigenvalue weighted by atomic mass is 28.4. The highest BCUT2D eigenvalue weighted by molar-refractivity contribution is 6.69. The number of hydrogen-bond donors (Lipinski definition) is 0. The van der Waals surface area contributed by atoms with Gasteiger partial charge in [-0.15, -0.1) is 0 Å². The third-order valence-electron chi connectivity index (χ3n) is 2.37. The van der Waals surface area contributed by atoms with Gasteiger partial charge in [-0.05, 0) is 6.92 Å². The van der Waals surface area contributed by atoms with Crippen LogP contribution in [0.2, 0.25) is 12.6 Å². The number of rotatable bonds is 9. The summed E-state index contributed by atoms with van der Waals surface area (Å²) in [4.78, 5) is 22.7. The maximum absolute atomic E-state index is 11.6. The molecule has 0 aliphatic heterocycles. The van der Waals surface area contributed by atoms with E-state index >= 15 is 0 Å². The molecule has 0 rings (SSSR count). The molecule has 0 aliphatic carbocycles. The summed E-state index contributed by atoms with van der Waals surface area (Å²) < 4.78 is 20.6. The molecule has 0 heterocycles. The fourth-order valence-electron chi connectivity index (χ4n) is 1.53. The molecule has 0 amide bonds. The fourth-order valence-corrected chi connectivity index (χ4v) is 3.83. The standard InChI is InChI=1S/C12H24O6Si/c1-6-7-19(5,17-11(3)13)18-12(14)9-16-8-10(2)15-4/h10H,6-9H2,1-5H3. The predicted octanol–water partition coefficient (Wildman–Crippen LogP) is 1.63. The highest BCUT2D eigenvalue weighted by Crippen LogP contribution is 2.16. The molecule has 0 saturated heterocycles. The zero-order chi connectivity index (χ0) is 14.9. The van der Waals surface area contributed by atoms with Crippen molar-refractivity contribution in [2.45, 2.75) is 45.9 Å². The van der Waals surface area contributed by atoms with Gasteiger partial charge in [0.1, 0.15) is 6.61 Å². The van der Waals surface area contributed by atoms with E-state index in [9.17, 15) is 9.59 Å². The predicted molar refractivity (Wildman–Crippen MR) is 71.9 cm³/mol. The monoisotopic (exact) mass is 292 g/mol. The molecule has 0 aromatic rings. The van der Waals surface area contributed by atoms with Crippen LogP contribution < -0.4 is 0 Å². The van der Waals surface area contributed by atoms with Crippen molar-refractivity contribution < 1.29 is 27.9 Å². The van der Waals surface area contributed by atoms with Gasteiger partial charge in [-0.25, -0.2) is 0 Å². The average molecular weight is 292 g/mol. The van der Waals surface area contributed by atoms with E-state index in [2.05, 4.69) is 0 Å². The van der Waals surface area contributed by atoms with Crippen LogP contribution in [0.3, 0.4) is 0 Å². The van der Waals surface area contributed by atoms with E-state index in [-0.39, 0.29) is 12.7 Å². The molecular weight excluding hydrogens is 268 g/mol. The van der Waals surface area contributed by atoms with Crippen LogP contribution in [0.5, 0.6) is 0 Å². The summed E-state index contributed by atoms with van der Waals surface area (Å²) in [7, 11) is -1.20. The Kier molecular flexibility index (Phi) is 8.62. The summed E-state index contributed by atoms with van der Waals surface area (Å²) in [6, 6.07) is 0.576. The number of carbonyl (C=O) groups is 2. The average Bonchev–Trinajstić information content (AvgIpc) is 2.27. The lowest BCUT2D eigenvalue weighted by Crippen LogP contribution is -2.43. The van der Waals surface area contributed by atoms with E-state index in [1.165, 1.54) is 6.92 Å². The molecule has 0 bridgehead atoms.